The third-order valence-electron chi connectivity index (χ3n) is 4.49. The number of methoxy groups -OCH3 is 2. The Hall–Kier alpha value is -4.05. The Balaban J connectivity index is 1.48. The normalized spacial score (nSPS) is 11.1. The third-order valence-corrected chi connectivity index (χ3v) is 5.87. The number of hydrogen-bond donors (Lipinski definition) is 1. The van der Waals surface area contributed by atoms with E-state index in [2.05, 4.69) is 14.7 Å². The number of sulfonamides is 1. The summed E-state index contributed by atoms with van der Waals surface area (Å²) in [7, 11) is -0.896. The van der Waals surface area contributed by atoms with Crippen LogP contribution in [0.15, 0.2) is 84.3 Å². The van der Waals surface area contributed by atoms with Gasteiger partial charge in [0.05, 0.1) is 19.1 Å². The standard InChI is InChI=1S/C22H20N4O5S/c1-29-19-10-9-18(13-20(19)30-2)32(27,28)25-16-5-7-17(8-6-16)31-22-14-21(23-15-24-22)26-11-3-4-12-26/h3-15,25H,1-2H3. The van der Waals surface area contributed by atoms with Gasteiger partial charge in [-0.15, -0.1) is 0 Å². The van der Waals surface area contributed by atoms with Crippen molar-refractivity contribution in [3.05, 3.63) is 79.4 Å². The van der Waals surface area contributed by atoms with Gasteiger partial charge in [0, 0.05) is 30.2 Å². The average molecular weight is 452 g/mol. The maximum atomic E-state index is 12.7. The number of nitrogens with one attached hydrogen (secondary N) is 1. The molecule has 4 rings (SSSR count). The smallest absolute Gasteiger partial charge is 0.262 e. The molecule has 0 aliphatic heterocycles. The first-order valence-corrected chi connectivity index (χ1v) is 10.9. The van der Waals surface area contributed by atoms with Crippen molar-refractivity contribution in [2.24, 2.45) is 0 Å². The minimum atomic E-state index is -3.82. The summed E-state index contributed by atoms with van der Waals surface area (Å²) in [6, 6.07) is 16.3. The summed E-state index contributed by atoms with van der Waals surface area (Å²) in [5.41, 5.74) is 0.378. The molecule has 10 heteroatoms. The second-order valence-electron chi connectivity index (χ2n) is 6.55. The first kappa shape index (κ1) is 21.2. The van der Waals surface area contributed by atoms with Crippen LogP contribution in [0.5, 0.6) is 23.1 Å². The molecule has 0 atom stereocenters. The van der Waals surface area contributed by atoms with Crippen LogP contribution in [0.2, 0.25) is 0 Å². The van der Waals surface area contributed by atoms with Gasteiger partial charge in [-0.2, -0.15) is 0 Å². The lowest BCUT2D eigenvalue weighted by molar-refractivity contribution is 0.354. The number of nitrogens with zero attached hydrogens (tertiary/aromatic N) is 3. The Labute approximate surface area is 185 Å². The monoisotopic (exact) mass is 452 g/mol. The minimum Gasteiger partial charge on any atom is -0.493 e. The molecule has 0 saturated heterocycles. The molecule has 9 nitrogen and oxygen atoms in total. The number of rotatable bonds is 8. The maximum Gasteiger partial charge on any atom is 0.262 e. The highest BCUT2D eigenvalue weighted by Crippen LogP contribution is 2.30. The Morgan fingerprint density at radius 3 is 2.28 bits per heavy atom. The SMILES string of the molecule is COc1ccc(S(=O)(=O)Nc2ccc(Oc3cc(-n4cccc4)ncn3)cc2)cc1OC. The molecule has 2 aromatic carbocycles. The quantitative estimate of drug-likeness (QED) is 0.433. The molecule has 4 aromatic rings. The zero-order valence-corrected chi connectivity index (χ0v) is 18.1. The van der Waals surface area contributed by atoms with Gasteiger partial charge in [-0.3, -0.25) is 4.72 Å². The first-order valence-electron chi connectivity index (χ1n) is 9.46. The zero-order valence-electron chi connectivity index (χ0n) is 17.3. The van der Waals surface area contributed by atoms with Crippen LogP contribution in [0.25, 0.3) is 5.82 Å². The fourth-order valence-electron chi connectivity index (χ4n) is 2.92. The molecular formula is C22H20N4O5S. The summed E-state index contributed by atoms with van der Waals surface area (Å²) in [6.07, 6.45) is 5.15. The fraction of sp³-hybridized carbons (Fsp3) is 0.0909. The van der Waals surface area contributed by atoms with Crippen LogP contribution in [0.1, 0.15) is 0 Å². The summed E-state index contributed by atoms with van der Waals surface area (Å²) in [5.74, 6) is 2.29. The Morgan fingerprint density at radius 2 is 1.59 bits per heavy atom. The maximum absolute atomic E-state index is 12.7. The van der Waals surface area contributed by atoms with E-state index in [0.29, 0.717) is 34.6 Å². The number of hydrogen-bond acceptors (Lipinski definition) is 7. The predicted octanol–water partition coefficient (Wildman–Crippen LogP) is 3.88. The molecule has 0 aliphatic carbocycles. The van der Waals surface area contributed by atoms with Gasteiger partial charge in [-0.1, -0.05) is 0 Å². The number of benzene rings is 2. The molecule has 32 heavy (non-hydrogen) atoms. The van der Waals surface area contributed by atoms with E-state index < -0.39 is 10.0 Å². The van der Waals surface area contributed by atoms with E-state index in [0.717, 1.165) is 0 Å². The molecule has 2 aromatic heterocycles. The molecule has 2 heterocycles. The molecular weight excluding hydrogens is 432 g/mol. The topological polar surface area (TPSA) is 105 Å². The van der Waals surface area contributed by atoms with Crippen molar-refractivity contribution in [1.82, 2.24) is 14.5 Å². The highest BCUT2D eigenvalue weighted by Gasteiger charge is 2.17. The average Bonchev–Trinajstić information content (AvgIpc) is 3.35. The van der Waals surface area contributed by atoms with Gasteiger partial charge in [0.25, 0.3) is 10.0 Å². The molecule has 0 spiro atoms. The molecule has 0 unspecified atom stereocenters. The number of ether oxygens (including phenoxy) is 3. The van der Waals surface area contributed by atoms with E-state index in [1.165, 1.54) is 38.7 Å². The third kappa shape index (κ3) is 4.65. The minimum absolute atomic E-state index is 0.0500. The van der Waals surface area contributed by atoms with Gasteiger partial charge < -0.3 is 18.8 Å². The highest BCUT2D eigenvalue weighted by molar-refractivity contribution is 7.92. The summed E-state index contributed by atoms with van der Waals surface area (Å²) in [4.78, 5) is 8.37. The second kappa shape index (κ2) is 8.98. The van der Waals surface area contributed by atoms with Crippen molar-refractivity contribution < 1.29 is 22.6 Å². The Kier molecular flexibility index (Phi) is 5.95. The van der Waals surface area contributed by atoms with Crippen LogP contribution >= 0.6 is 0 Å². The number of aromatic nitrogens is 3. The van der Waals surface area contributed by atoms with Crippen LogP contribution in [-0.2, 0) is 10.0 Å². The highest BCUT2D eigenvalue weighted by atomic mass is 32.2. The lowest BCUT2D eigenvalue weighted by atomic mass is 10.3. The van der Waals surface area contributed by atoms with Crippen LogP contribution in [0.3, 0.4) is 0 Å². The molecule has 0 aliphatic rings. The largest absolute Gasteiger partial charge is 0.493 e. The molecule has 1 N–H and O–H groups in total. The van der Waals surface area contributed by atoms with E-state index in [9.17, 15) is 8.42 Å². The fourth-order valence-corrected chi connectivity index (χ4v) is 4.00. The van der Waals surface area contributed by atoms with Gasteiger partial charge in [0.15, 0.2) is 11.5 Å². The van der Waals surface area contributed by atoms with Crippen molar-refractivity contribution in [1.29, 1.82) is 0 Å². The van der Waals surface area contributed by atoms with Crippen molar-refractivity contribution in [3.8, 4) is 28.9 Å². The molecule has 0 fully saturated rings. The van der Waals surface area contributed by atoms with E-state index in [1.54, 1.807) is 30.3 Å². The second-order valence-corrected chi connectivity index (χ2v) is 8.24. The van der Waals surface area contributed by atoms with Crippen molar-refractivity contribution in [3.63, 3.8) is 0 Å². The molecule has 0 amide bonds. The predicted molar refractivity (Wildman–Crippen MR) is 118 cm³/mol. The van der Waals surface area contributed by atoms with E-state index in [1.807, 2.05) is 29.1 Å². The van der Waals surface area contributed by atoms with Gasteiger partial charge in [-0.25, -0.2) is 18.4 Å². The summed E-state index contributed by atoms with van der Waals surface area (Å²) in [5, 5.41) is 0. The number of anilines is 1. The van der Waals surface area contributed by atoms with Gasteiger partial charge >= 0.3 is 0 Å². The van der Waals surface area contributed by atoms with Gasteiger partial charge in [-0.05, 0) is 48.5 Å². The summed E-state index contributed by atoms with van der Waals surface area (Å²) in [6.45, 7) is 0. The van der Waals surface area contributed by atoms with Crippen LogP contribution < -0.4 is 18.9 Å². The molecule has 0 bridgehead atoms. The van der Waals surface area contributed by atoms with E-state index in [4.69, 9.17) is 14.2 Å². The van der Waals surface area contributed by atoms with Crippen LogP contribution in [-0.4, -0.2) is 37.2 Å². The van der Waals surface area contributed by atoms with Crippen molar-refractivity contribution in [2.45, 2.75) is 4.90 Å². The first-order chi connectivity index (χ1) is 15.5. The lowest BCUT2D eigenvalue weighted by Gasteiger charge is -2.12. The van der Waals surface area contributed by atoms with Crippen molar-refractivity contribution >= 4 is 15.7 Å². The summed E-state index contributed by atoms with van der Waals surface area (Å²) >= 11 is 0. The molecule has 0 radical (unpaired) electrons. The Bertz CT molecular complexity index is 1310. The van der Waals surface area contributed by atoms with Gasteiger partial charge in [0.2, 0.25) is 5.88 Å². The summed E-state index contributed by atoms with van der Waals surface area (Å²) < 4.78 is 45.9. The lowest BCUT2D eigenvalue weighted by Crippen LogP contribution is -2.13. The molecule has 164 valence electrons. The molecule has 0 saturated carbocycles. The van der Waals surface area contributed by atoms with Crippen LogP contribution in [0, 0.1) is 0 Å². The van der Waals surface area contributed by atoms with Crippen molar-refractivity contribution in [2.75, 3.05) is 18.9 Å². The Morgan fingerprint density at radius 1 is 0.875 bits per heavy atom. The van der Waals surface area contributed by atoms with Gasteiger partial charge in [0.1, 0.15) is 17.9 Å². The zero-order chi connectivity index (χ0) is 22.6. The van der Waals surface area contributed by atoms with E-state index >= 15 is 0 Å². The van der Waals surface area contributed by atoms with Crippen LogP contribution in [0.4, 0.5) is 5.69 Å². The van der Waals surface area contributed by atoms with E-state index in [-0.39, 0.29) is 4.90 Å².